The van der Waals surface area contributed by atoms with Crippen LogP contribution in [0, 0.1) is 0 Å². The molecule has 2 heteroatoms. The molecule has 0 saturated carbocycles. The molecule has 1 atom stereocenters. The Morgan fingerprint density at radius 2 is 2.00 bits per heavy atom. The van der Waals surface area contributed by atoms with Crippen molar-refractivity contribution in [2.75, 3.05) is 7.05 Å². The first kappa shape index (κ1) is 13.3. The highest BCUT2D eigenvalue weighted by atomic mass is 32.1. The maximum Gasteiger partial charge on any atom is 0.0422 e. The fourth-order valence-electron chi connectivity index (χ4n) is 1.02. The summed E-state index contributed by atoms with van der Waals surface area (Å²) in [5, 5.41) is 0. The summed E-state index contributed by atoms with van der Waals surface area (Å²) in [5.41, 5.74) is 2.16. The van der Waals surface area contributed by atoms with Crippen LogP contribution in [0.15, 0.2) is 49.1 Å². The van der Waals surface area contributed by atoms with Crippen LogP contribution in [-0.4, -0.2) is 17.4 Å². The van der Waals surface area contributed by atoms with Crippen molar-refractivity contribution in [3.63, 3.8) is 0 Å². The minimum absolute atomic E-state index is 0.238. The molecule has 0 aliphatic rings. The summed E-state index contributed by atoms with van der Waals surface area (Å²) >= 11 is 4.30. The minimum atomic E-state index is 0.238. The van der Waals surface area contributed by atoms with E-state index in [2.05, 4.69) is 38.6 Å². The first-order chi connectivity index (χ1) is 6.51. The summed E-state index contributed by atoms with van der Waals surface area (Å²) in [6.07, 6.45) is 6.58. The van der Waals surface area contributed by atoms with Crippen molar-refractivity contribution in [1.29, 1.82) is 0 Å². The molecular formula is C12H19NS. The van der Waals surface area contributed by atoms with Crippen LogP contribution in [0.5, 0.6) is 0 Å². The molecule has 0 N–H and O–H groups in total. The molecule has 0 saturated heterocycles. The number of rotatable bonds is 6. The van der Waals surface area contributed by atoms with Crippen LogP contribution in [0.3, 0.4) is 0 Å². The quantitative estimate of drug-likeness (QED) is 0.518. The van der Waals surface area contributed by atoms with Gasteiger partial charge in [-0.25, -0.2) is 4.31 Å². The van der Waals surface area contributed by atoms with Crippen LogP contribution in [0.2, 0.25) is 0 Å². The summed E-state index contributed by atoms with van der Waals surface area (Å²) in [5.74, 6) is 0. The predicted molar refractivity (Wildman–Crippen MR) is 68.4 cm³/mol. The lowest BCUT2D eigenvalue weighted by molar-refractivity contribution is 0.480. The Hall–Kier alpha value is -0.730. The lowest BCUT2D eigenvalue weighted by Gasteiger charge is -2.20. The van der Waals surface area contributed by atoms with Crippen molar-refractivity contribution < 1.29 is 0 Å². The molecule has 0 amide bonds. The second-order valence-electron chi connectivity index (χ2n) is 3.32. The second-order valence-corrected chi connectivity index (χ2v) is 3.95. The summed E-state index contributed by atoms with van der Waals surface area (Å²) in [7, 11) is 1.93. The van der Waals surface area contributed by atoms with Gasteiger partial charge >= 0.3 is 0 Å². The number of nitrogens with zero attached hydrogens (tertiary/aromatic N) is 1. The molecule has 0 aliphatic heterocycles. The SMILES string of the molecule is C=CC(=C)CC(/C=C(/C)C=C)N(C)S. The molecule has 0 rings (SSSR count). The van der Waals surface area contributed by atoms with Crippen molar-refractivity contribution in [3.05, 3.63) is 49.1 Å². The fourth-order valence-corrected chi connectivity index (χ4v) is 1.17. The highest BCUT2D eigenvalue weighted by Crippen LogP contribution is 2.14. The summed E-state index contributed by atoms with van der Waals surface area (Å²) in [4.78, 5) is 0. The average molecular weight is 209 g/mol. The van der Waals surface area contributed by atoms with Gasteiger partial charge in [0.25, 0.3) is 0 Å². The van der Waals surface area contributed by atoms with E-state index in [0.717, 1.165) is 17.6 Å². The zero-order chi connectivity index (χ0) is 11.1. The van der Waals surface area contributed by atoms with Gasteiger partial charge < -0.3 is 0 Å². The molecule has 0 radical (unpaired) electrons. The molecule has 1 nitrogen and oxygen atoms in total. The standard InChI is InChI=1S/C12H19NS/c1-6-10(3)8-12(13(5)14)9-11(4)7-2/h6-7,9,12,14H,1-3,8H2,4-5H3/b11-9-. The molecule has 14 heavy (non-hydrogen) atoms. The zero-order valence-electron chi connectivity index (χ0n) is 9.03. The highest BCUT2D eigenvalue weighted by molar-refractivity contribution is 7.77. The number of thiol groups is 1. The molecule has 78 valence electrons. The molecule has 0 heterocycles. The first-order valence-electron chi connectivity index (χ1n) is 4.54. The van der Waals surface area contributed by atoms with E-state index >= 15 is 0 Å². The van der Waals surface area contributed by atoms with E-state index in [1.165, 1.54) is 0 Å². The van der Waals surface area contributed by atoms with Gasteiger partial charge in [-0.1, -0.05) is 61.9 Å². The van der Waals surface area contributed by atoms with E-state index in [4.69, 9.17) is 0 Å². The Bertz CT molecular complexity index is 251. The smallest absolute Gasteiger partial charge is 0.0422 e. The summed E-state index contributed by atoms with van der Waals surface area (Å²) in [6, 6.07) is 0.238. The molecule has 0 aromatic carbocycles. The molecule has 0 fully saturated rings. The van der Waals surface area contributed by atoms with E-state index in [1.54, 1.807) is 6.08 Å². The minimum Gasteiger partial charge on any atom is -0.249 e. The third-order valence-corrected chi connectivity index (χ3v) is 2.31. The maximum atomic E-state index is 4.30. The average Bonchev–Trinajstić information content (AvgIpc) is 2.16. The molecule has 0 aromatic heterocycles. The molecule has 0 spiro atoms. The molecule has 0 bridgehead atoms. The van der Waals surface area contributed by atoms with Crippen molar-refractivity contribution in [1.82, 2.24) is 4.31 Å². The van der Waals surface area contributed by atoms with Crippen LogP contribution >= 0.6 is 12.8 Å². The van der Waals surface area contributed by atoms with Gasteiger partial charge in [0.1, 0.15) is 0 Å². The third-order valence-electron chi connectivity index (χ3n) is 2.02. The molecule has 1 unspecified atom stereocenters. The van der Waals surface area contributed by atoms with Crippen LogP contribution in [0.4, 0.5) is 0 Å². The van der Waals surface area contributed by atoms with Crippen LogP contribution in [0.1, 0.15) is 13.3 Å². The lowest BCUT2D eigenvalue weighted by Crippen LogP contribution is -2.21. The van der Waals surface area contributed by atoms with Gasteiger partial charge in [0.05, 0.1) is 0 Å². The Balaban J connectivity index is 4.52. The highest BCUT2D eigenvalue weighted by Gasteiger charge is 2.09. The van der Waals surface area contributed by atoms with Gasteiger partial charge in [-0.2, -0.15) is 0 Å². The van der Waals surface area contributed by atoms with Gasteiger partial charge in [-0.15, -0.1) is 0 Å². The number of hydrogen-bond donors (Lipinski definition) is 1. The van der Waals surface area contributed by atoms with Gasteiger partial charge in [0.15, 0.2) is 0 Å². The number of allylic oxidation sites excluding steroid dienone is 3. The van der Waals surface area contributed by atoms with Crippen LogP contribution < -0.4 is 0 Å². The van der Waals surface area contributed by atoms with Gasteiger partial charge in [0, 0.05) is 6.04 Å². The Morgan fingerprint density at radius 1 is 1.43 bits per heavy atom. The predicted octanol–water partition coefficient (Wildman–Crippen LogP) is 3.40. The monoisotopic (exact) mass is 209 g/mol. The maximum absolute atomic E-state index is 4.30. The van der Waals surface area contributed by atoms with E-state index in [-0.39, 0.29) is 6.04 Å². The van der Waals surface area contributed by atoms with Crippen LogP contribution in [0.25, 0.3) is 0 Å². The second kappa shape index (κ2) is 6.68. The van der Waals surface area contributed by atoms with E-state index in [0.29, 0.717) is 0 Å². The van der Waals surface area contributed by atoms with E-state index < -0.39 is 0 Å². The molecular weight excluding hydrogens is 190 g/mol. The van der Waals surface area contributed by atoms with Gasteiger partial charge in [-0.3, -0.25) is 0 Å². The third kappa shape index (κ3) is 5.10. The zero-order valence-corrected chi connectivity index (χ0v) is 9.93. The molecule has 0 aliphatic carbocycles. The van der Waals surface area contributed by atoms with E-state index in [9.17, 15) is 0 Å². The van der Waals surface area contributed by atoms with Crippen LogP contribution in [-0.2, 0) is 0 Å². The van der Waals surface area contributed by atoms with E-state index in [1.807, 2.05) is 24.4 Å². The Morgan fingerprint density at radius 3 is 2.36 bits per heavy atom. The topological polar surface area (TPSA) is 3.24 Å². The van der Waals surface area contributed by atoms with Crippen molar-refractivity contribution in [3.8, 4) is 0 Å². The van der Waals surface area contributed by atoms with Crippen molar-refractivity contribution in [2.24, 2.45) is 0 Å². The fraction of sp³-hybridized carbons (Fsp3) is 0.333. The number of likely N-dealkylation sites (N-methyl/N-ethyl adjacent to an activating group) is 1. The Labute approximate surface area is 93.0 Å². The summed E-state index contributed by atoms with van der Waals surface area (Å²) in [6.45, 7) is 13.3. The number of hydrogen-bond acceptors (Lipinski definition) is 2. The normalized spacial score (nSPS) is 13.9. The van der Waals surface area contributed by atoms with Gasteiger partial charge in [0.2, 0.25) is 0 Å². The van der Waals surface area contributed by atoms with Gasteiger partial charge in [-0.05, 0) is 20.4 Å². The lowest BCUT2D eigenvalue weighted by atomic mass is 10.1. The van der Waals surface area contributed by atoms with Crippen molar-refractivity contribution in [2.45, 2.75) is 19.4 Å². The molecule has 0 aromatic rings. The summed E-state index contributed by atoms with van der Waals surface area (Å²) < 4.78 is 1.86. The Kier molecular flexibility index (Phi) is 6.34. The largest absolute Gasteiger partial charge is 0.249 e. The van der Waals surface area contributed by atoms with Crippen molar-refractivity contribution >= 4 is 12.8 Å². The first-order valence-corrected chi connectivity index (χ1v) is 4.94.